The minimum atomic E-state index is -1.02. The predicted octanol–water partition coefficient (Wildman–Crippen LogP) is 12.5. The van der Waals surface area contributed by atoms with E-state index < -0.39 is 140 Å². The van der Waals surface area contributed by atoms with Crippen molar-refractivity contribution in [3.63, 3.8) is 0 Å². The standard InChI is InChI=1S/2C28H22F2N4O4.C26H18F2N4O4S.C26H21N5O4/c2*1-31-10-8-18-22-17(6-7-19(29)23(22)30)25(16-5-3-2-4-15(16)24(18)31)34-21-14-38-13-12-32(21)28(37)26-27(36)20(35)9-11-33(26)34;27-16-6-5-15-19(20(16)28)21-25(37-12-29-21)14-4-2-1-3-13(14)22(15)32-18-11-36-10-9-30(18)26(35)23-24(34)17(33)7-8-31(23)32;32-20-9-11-30-23(24(20)33)26(34)29-13-14-35-15-21(29)31(30)22-16-5-1-2-6-17(16)25-27-10-12-28(25)19-8-4-3-7-18(19)22/h2*2-11,21,25,36H,12-14H2,1H3;1-8,12,18,22,34H,9-11H2;1-12,21-22,33H,13-15H2/t21-,25-;;;21-,22+/m1..1/s1. The lowest BCUT2D eigenvalue weighted by molar-refractivity contribution is -0.0197. The lowest BCUT2D eigenvalue weighted by Gasteiger charge is -2.51. The molecule has 8 aromatic heterocycles. The maximum absolute atomic E-state index is 15.7. The summed E-state index contributed by atoms with van der Waals surface area (Å²) in [6.45, 7) is 3.03. The second-order valence-electron chi connectivity index (χ2n) is 37.1. The van der Waals surface area contributed by atoms with Crippen molar-refractivity contribution in [3.8, 4) is 107 Å². The number of nitrogens with zero attached hydrogens (tertiary/aromatic N) is 17. The summed E-state index contributed by atoms with van der Waals surface area (Å²) >= 11 is 1.33. The zero-order chi connectivity index (χ0) is 102. The fraction of sp³-hybridized carbons (Fsp3) is 0.204. The van der Waals surface area contributed by atoms with Gasteiger partial charge in [-0.25, -0.2) is 36.3 Å². The van der Waals surface area contributed by atoms with Crippen LogP contribution in [-0.2, 0) is 33.0 Å². The first-order chi connectivity index (χ1) is 71.9. The van der Waals surface area contributed by atoms with Gasteiger partial charge >= 0.3 is 0 Å². The Hall–Kier alpha value is -17.3. The van der Waals surface area contributed by atoms with E-state index in [1.54, 1.807) is 71.5 Å². The first-order valence-electron chi connectivity index (χ1n) is 47.5. The summed E-state index contributed by atoms with van der Waals surface area (Å²) in [5, 5.41) is 50.4. The molecule has 40 heteroatoms. The number of amides is 4. The lowest BCUT2D eigenvalue weighted by atomic mass is 9.91. The number of aromatic nitrogens is 9. The van der Waals surface area contributed by atoms with Crippen LogP contribution in [0, 0.1) is 34.9 Å². The third-order valence-electron chi connectivity index (χ3n) is 29.7. The Bertz CT molecular complexity index is 8300. The van der Waals surface area contributed by atoms with E-state index in [0.29, 0.717) is 58.1 Å². The average Bonchev–Trinajstić information content (AvgIpc) is 1.31. The summed E-state index contributed by atoms with van der Waals surface area (Å²) in [6.07, 6.45) is 10.8. The fourth-order valence-electron chi connectivity index (χ4n) is 23.3. The van der Waals surface area contributed by atoms with E-state index in [-0.39, 0.29) is 111 Å². The number of halogens is 6. The minimum Gasteiger partial charge on any atom is -0.502 e. The Morgan fingerprint density at radius 2 is 0.635 bits per heavy atom. The number of pyridine rings is 4. The maximum atomic E-state index is 15.7. The smallest absolute Gasteiger partial charge is 0.278 e. The van der Waals surface area contributed by atoms with Crippen LogP contribution in [0.15, 0.2) is 268 Å². The number of aryl methyl sites for hydroxylation is 2. The predicted molar refractivity (Wildman–Crippen MR) is 527 cm³/mol. The lowest BCUT2D eigenvalue weighted by Crippen LogP contribution is -2.66. The van der Waals surface area contributed by atoms with Gasteiger partial charge in [0.15, 0.2) is 80.7 Å². The van der Waals surface area contributed by atoms with Crippen LogP contribution in [-0.4, -0.2) is 210 Å². The van der Waals surface area contributed by atoms with Gasteiger partial charge in [0.2, 0.25) is 21.7 Å². The van der Waals surface area contributed by atoms with E-state index in [4.69, 9.17) is 18.9 Å². The van der Waals surface area contributed by atoms with E-state index in [9.17, 15) is 72.0 Å². The molecule has 4 fully saturated rings. The van der Waals surface area contributed by atoms with E-state index >= 15 is 13.2 Å². The molecule has 3 aliphatic carbocycles. The van der Waals surface area contributed by atoms with Crippen LogP contribution in [0.2, 0.25) is 0 Å². The fourth-order valence-corrected chi connectivity index (χ4v) is 24.1. The van der Waals surface area contributed by atoms with Gasteiger partial charge in [0.05, 0.1) is 104 Å². The number of benzene rings is 8. The number of para-hydroxylation sites is 1. The van der Waals surface area contributed by atoms with Gasteiger partial charge in [-0.1, -0.05) is 133 Å². The van der Waals surface area contributed by atoms with Gasteiger partial charge in [0.25, 0.3) is 23.6 Å². The molecule has 0 saturated carbocycles. The molecule has 148 heavy (non-hydrogen) atoms. The molecule has 12 aliphatic rings. The van der Waals surface area contributed by atoms with Crippen LogP contribution in [0.25, 0.3) is 83.5 Å². The quantitative estimate of drug-likeness (QED) is 0.119. The SMILES string of the molecule is Cn1ccc2c1-c1ccccc1C(N1C3COCCN3C(=O)c3c(O)c(=O)ccn31)c1ccc(F)c(F)c1-2.Cn1ccc2c1-c1ccccc1[C@@H](N1[C@@H]3COCCN3C(=O)c3c(O)c(=O)ccn31)c1ccc(F)c(F)c1-2.O=C1c2c(O)c(=O)ccn2N(C2c3ccccc3-c3scnc3-c3c2ccc(F)c3F)C2COCCN12.O=C1c2c(O)c(=O)ccn2N([C@H]2c3ccccc3-c3nccn3-c3ccccc32)[C@@H]2COCCN12. The molecule has 17 heterocycles. The Labute approximate surface area is 838 Å². The number of aromatic hydroxyl groups is 4. The van der Waals surface area contributed by atoms with Crippen molar-refractivity contribution in [2.75, 3.05) is 99.1 Å². The second-order valence-corrected chi connectivity index (χ2v) is 38.0. The highest BCUT2D eigenvalue weighted by Crippen LogP contribution is 2.56. The zero-order valence-corrected chi connectivity index (χ0v) is 79.1. The number of imidazole rings is 1. The molecule has 744 valence electrons. The first-order valence-corrected chi connectivity index (χ1v) is 48.4. The van der Waals surface area contributed by atoms with Gasteiger partial charge in [-0.2, -0.15) is 0 Å². The van der Waals surface area contributed by atoms with E-state index in [0.717, 1.165) is 91.2 Å². The number of rotatable bonds is 4. The normalized spacial score (nSPS) is 19.9. The number of hydrogen-bond donors (Lipinski definition) is 4. The number of thiazole rings is 1. The average molecular weight is 2020 g/mol. The van der Waals surface area contributed by atoms with Crippen molar-refractivity contribution in [2.24, 2.45) is 14.1 Å². The molecule has 8 atom stereocenters. The van der Waals surface area contributed by atoms with Crippen LogP contribution in [0.1, 0.15) is 111 Å². The Balaban J connectivity index is 0.000000103. The van der Waals surface area contributed by atoms with Crippen LogP contribution >= 0.6 is 11.3 Å². The summed E-state index contributed by atoms with van der Waals surface area (Å²) in [5.41, 5.74) is 11.6. The summed E-state index contributed by atoms with van der Waals surface area (Å²) in [7, 11) is 3.70. The van der Waals surface area contributed by atoms with Gasteiger partial charge < -0.3 is 68.1 Å². The second kappa shape index (κ2) is 35.3. The Morgan fingerprint density at radius 3 is 1.02 bits per heavy atom. The summed E-state index contributed by atoms with van der Waals surface area (Å²) in [5.74, 6) is -9.51. The highest BCUT2D eigenvalue weighted by atomic mass is 32.1. The van der Waals surface area contributed by atoms with Crippen LogP contribution in [0.4, 0.5) is 26.3 Å². The molecule has 0 bridgehead atoms. The van der Waals surface area contributed by atoms with E-state index in [1.165, 1.54) is 74.3 Å². The van der Waals surface area contributed by atoms with E-state index in [2.05, 4.69) is 26.7 Å². The number of morpholine rings is 4. The molecule has 28 rings (SSSR count). The zero-order valence-electron chi connectivity index (χ0n) is 78.2. The maximum Gasteiger partial charge on any atom is 0.278 e. The molecule has 4 amide bonds. The summed E-state index contributed by atoms with van der Waals surface area (Å²) in [6, 6.07) is 52.5. The Kier molecular flexibility index (Phi) is 21.9. The number of carbonyl (C=O) groups is 4. The van der Waals surface area contributed by atoms with Crippen LogP contribution < -0.4 is 41.8 Å². The van der Waals surface area contributed by atoms with Crippen molar-refractivity contribution in [3.05, 3.63) is 392 Å². The first kappa shape index (κ1) is 91.8. The molecule has 16 aromatic rings. The van der Waals surface area contributed by atoms with E-state index in [1.807, 2.05) is 166 Å². The molecule has 4 saturated heterocycles. The molecule has 0 radical (unpaired) electrons. The summed E-state index contributed by atoms with van der Waals surface area (Å²) in [4.78, 5) is 120. The van der Waals surface area contributed by atoms with Crippen molar-refractivity contribution in [1.82, 2.24) is 62.0 Å². The van der Waals surface area contributed by atoms with Crippen LogP contribution in [0.3, 0.4) is 0 Å². The van der Waals surface area contributed by atoms with Crippen molar-refractivity contribution < 1.29 is 84.9 Å². The minimum absolute atomic E-state index is 0.0319. The number of ether oxygens (including phenoxy) is 4. The van der Waals surface area contributed by atoms with Gasteiger partial charge in [-0.15, -0.1) is 11.3 Å². The molecular weight excluding hydrogens is 1940 g/mol. The topological polar surface area (TPSA) is 341 Å². The van der Waals surface area contributed by atoms with Crippen LogP contribution in [0.5, 0.6) is 23.0 Å². The van der Waals surface area contributed by atoms with Gasteiger partial charge in [0.1, 0.15) is 36.5 Å². The molecule has 4 N–H and O–H groups in total. The molecule has 9 aliphatic heterocycles. The van der Waals surface area contributed by atoms with Crippen molar-refractivity contribution in [2.45, 2.75) is 48.8 Å². The van der Waals surface area contributed by atoms with Crippen molar-refractivity contribution in [1.29, 1.82) is 0 Å². The van der Waals surface area contributed by atoms with Gasteiger partial charge in [0, 0.05) is 164 Å². The Morgan fingerprint density at radius 1 is 0.318 bits per heavy atom. The summed E-state index contributed by atoms with van der Waals surface area (Å²) < 4.78 is 126. The molecule has 0 spiro atoms. The molecule has 4 unspecified atom stereocenters. The molecule has 33 nitrogen and oxygen atoms in total. The highest BCUT2D eigenvalue weighted by Gasteiger charge is 2.54. The number of carbonyl (C=O) groups excluding carboxylic acids is 4. The number of hydrogen-bond acceptors (Lipinski definition) is 23. The molecular formula is C108H83F6N17O16S. The largest absolute Gasteiger partial charge is 0.502 e. The third-order valence-corrected chi connectivity index (χ3v) is 30.5. The van der Waals surface area contributed by atoms with Gasteiger partial charge in [-0.05, 0) is 80.9 Å². The highest BCUT2D eigenvalue weighted by molar-refractivity contribution is 7.13. The number of fused-ring (bicyclic) bond motifs is 28. The monoisotopic (exact) mass is 2020 g/mol. The van der Waals surface area contributed by atoms with Gasteiger partial charge in [-0.3, -0.25) is 81.7 Å². The van der Waals surface area contributed by atoms with Crippen molar-refractivity contribution >= 4 is 35.0 Å². The third kappa shape index (κ3) is 13.7. The molecule has 8 aromatic carbocycles.